The van der Waals surface area contributed by atoms with E-state index in [-0.39, 0.29) is 18.2 Å². The normalized spacial score (nSPS) is 32.7. The van der Waals surface area contributed by atoms with E-state index < -0.39 is 0 Å². The number of rotatable bonds is 1. The third-order valence-electron chi connectivity index (χ3n) is 3.01. The Labute approximate surface area is 89.9 Å². The molecule has 2 rings (SSSR count). The molecule has 1 amide bonds. The van der Waals surface area contributed by atoms with E-state index in [2.05, 4.69) is 5.32 Å². The number of morpholine rings is 1. The van der Waals surface area contributed by atoms with E-state index in [4.69, 9.17) is 10.5 Å². The first-order valence-corrected chi connectivity index (χ1v) is 5.67. The summed E-state index contributed by atoms with van der Waals surface area (Å²) in [6.07, 6.45) is 2.95. The SMILES string of the molecule is NC1CN(C(=O)C2CCCCN2)CCO1. The zero-order chi connectivity index (χ0) is 10.7. The van der Waals surface area contributed by atoms with E-state index in [1.807, 2.05) is 4.90 Å². The van der Waals surface area contributed by atoms with Crippen molar-refractivity contribution in [1.29, 1.82) is 0 Å². The van der Waals surface area contributed by atoms with E-state index in [1.54, 1.807) is 0 Å². The van der Waals surface area contributed by atoms with Crippen LogP contribution in [0.2, 0.25) is 0 Å². The first-order valence-electron chi connectivity index (χ1n) is 5.67. The summed E-state index contributed by atoms with van der Waals surface area (Å²) >= 11 is 0. The molecule has 2 aliphatic rings. The Morgan fingerprint density at radius 3 is 3.00 bits per heavy atom. The first-order chi connectivity index (χ1) is 7.27. The summed E-state index contributed by atoms with van der Waals surface area (Å²) < 4.78 is 5.21. The number of nitrogens with one attached hydrogen (secondary N) is 1. The van der Waals surface area contributed by atoms with Gasteiger partial charge in [0, 0.05) is 6.54 Å². The summed E-state index contributed by atoms with van der Waals surface area (Å²) in [5, 5.41) is 3.26. The fourth-order valence-electron chi connectivity index (χ4n) is 2.16. The number of hydrogen-bond donors (Lipinski definition) is 2. The second-order valence-corrected chi connectivity index (χ2v) is 4.20. The van der Waals surface area contributed by atoms with Crippen molar-refractivity contribution < 1.29 is 9.53 Å². The maximum atomic E-state index is 12.1. The molecule has 2 fully saturated rings. The van der Waals surface area contributed by atoms with Crippen molar-refractivity contribution in [3.05, 3.63) is 0 Å². The van der Waals surface area contributed by atoms with E-state index in [1.165, 1.54) is 6.42 Å². The minimum absolute atomic E-state index is 0.00375. The van der Waals surface area contributed by atoms with Gasteiger partial charge in [0.2, 0.25) is 5.91 Å². The lowest BCUT2D eigenvalue weighted by atomic mass is 10.0. The fraction of sp³-hybridized carbons (Fsp3) is 0.900. The number of hydrogen-bond acceptors (Lipinski definition) is 4. The van der Waals surface area contributed by atoms with Gasteiger partial charge in [0.15, 0.2) is 0 Å². The van der Waals surface area contributed by atoms with Crippen molar-refractivity contribution in [2.45, 2.75) is 31.5 Å². The standard InChI is InChI=1S/C10H19N3O2/c11-9-7-13(5-6-15-9)10(14)8-3-1-2-4-12-8/h8-9,12H,1-7,11H2. The molecule has 3 N–H and O–H groups in total. The van der Waals surface area contributed by atoms with Crippen molar-refractivity contribution in [3.63, 3.8) is 0 Å². The summed E-state index contributed by atoms with van der Waals surface area (Å²) in [5.74, 6) is 0.188. The van der Waals surface area contributed by atoms with E-state index in [0.29, 0.717) is 19.7 Å². The van der Waals surface area contributed by atoms with Crippen LogP contribution in [0, 0.1) is 0 Å². The van der Waals surface area contributed by atoms with Crippen LogP contribution in [-0.2, 0) is 9.53 Å². The van der Waals surface area contributed by atoms with Crippen LogP contribution in [0.25, 0.3) is 0 Å². The monoisotopic (exact) mass is 213 g/mol. The van der Waals surface area contributed by atoms with Crippen LogP contribution < -0.4 is 11.1 Å². The quantitative estimate of drug-likeness (QED) is 0.603. The predicted octanol–water partition coefficient (Wildman–Crippen LogP) is -0.728. The molecule has 0 saturated carbocycles. The minimum Gasteiger partial charge on any atom is -0.360 e. The van der Waals surface area contributed by atoms with Gasteiger partial charge in [-0.15, -0.1) is 0 Å². The molecule has 0 aromatic carbocycles. The molecule has 2 heterocycles. The summed E-state index contributed by atoms with van der Waals surface area (Å²) in [7, 11) is 0. The van der Waals surface area contributed by atoms with Gasteiger partial charge < -0.3 is 20.7 Å². The van der Waals surface area contributed by atoms with Gasteiger partial charge in [0.05, 0.1) is 19.2 Å². The van der Waals surface area contributed by atoms with Crippen molar-refractivity contribution in [2.75, 3.05) is 26.2 Å². The van der Waals surface area contributed by atoms with Gasteiger partial charge in [-0.3, -0.25) is 4.79 Å². The molecule has 0 aliphatic carbocycles. The smallest absolute Gasteiger partial charge is 0.239 e. The van der Waals surface area contributed by atoms with Crippen LogP contribution in [0.15, 0.2) is 0 Å². The number of carbonyl (C=O) groups excluding carboxylic acids is 1. The van der Waals surface area contributed by atoms with Gasteiger partial charge in [-0.1, -0.05) is 6.42 Å². The van der Waals surface area contributed by atoms with Crippen molar-refractivity contribution in [3.8, 4) is 0 Å². The summed E-state index contributed by atoms with van der Waals surface area (Å²) in [4.78, 5) is 13.9. The fourth-order valence-corrected chi connectivity index (χ4v) is 2.16. The van der Waals surface area contributed by atoms with Crippen molar-refractivity contribution in [2.24, 2.45) is 5.73 Å². The predicted molar refractivity (Wildman–Crippen MR) is 56.1 cm³/mol. The second kappa shape index (κ2) is 4.92. The van der Waals surface area contributed by atoms with Crippen LogP contribution in [0.4, 0.5) is 0 Å². The number of ether oxygens (including phenoxy) is 1. The van der Waals surface area contributed by atoms with Crippen LogP contribution in [0.3, 0.4) is 0 Å². The van der Waals surface area contributed by atoms with E-state index in [9.17, 15) is 4.79 Å². The highest BCUT2D eigenvalue weighted by Gasteiger charge is 2.28. The Morgan fingerprint density at radius 2 is 2.33 bits per heavy atom. The minimum atomic E-state index is -0.314. The van der Waals surface area contributed by atoms with Gasteiger partial charge >= 0.3 is 0 Å². The zero-order valence-electron chi connectivity index (χ0n) is 8.95. The number of amides is 1. The maximum Gasteiger partial charge on any atom is 0.239 e. The Hall–Kier alpha value is -0.650. The zero-order valence-corrected chi connectivity index (χ0v) is 8.95. The molecule has 2 unspecified atom stereocenters. The molecule has 0 aromatic rings. The molecule has 0 spiro atoms. The van der Waals surface area contributed by atoms with Crippen LogP contribution in [0.5, 0.6) is 0 Å². The Bertz CT molecular complexity index is 229. The summed E-state index contributed by atoms with van der Waals surface area (Å²) in [5.41, 5.74) is 5.66. The Morgan fingerprint density at radius 1 is 1.47 bits per heavy atom. The number of piperidine rings is 1. The number of nitrogens with two attached hydrogens (primary N) is 1. The molecule has 2 aliphatic heterocycles. The Kier molecular flexibility index (Phi) is 3.56. The first kappa shape index (κ1) is 10.9. The van der Waals surface area contributed by atoms with Gasteiger partial charge in [-0.05, 0) is 19.4 Å². The molecule has 0 bridgehead atoms. The molecule has 2 saturated heterocycles. The third-order valence-corrected chi connectivity index (χ3v) is 3.01. The lowest BCUT2D eigenvalue weighted by Gasteiger charge is -2.34. The summed E-state index contributed by atoms with van der Waals surface area (Å²) in [6.45, 7) is 2.70. The van der Waals surface area contributed by atoms with Crippen molar-refractivity contribution in [1.82, 2.24) is 10.2 Å². The van der Waals surface area contributed by atoms with Gasteiger partial charge in [0.25, 0.3) is 0 Å². The molecule has 0 radical (unpaired) electrons. The number of nitrogens with zero attached hydrogens (tertiary/aromatic N) is 1. The molecule has 2 atom stereocenters. The molecular weight excluding hydrogens is 194 g/mol. The average molecular weight is 213 g/mol. The largest absolute Gasteiger partial charge is 0.360 e. The van der Waals surface area contributed by atoms with Crippen LogP contribution in [0.1, 0.15) is 19.3 Å². The molecular formula is C10H19N3O2. The molecule has 0 aromatic heterocycles. The second-order valence-electron chi connectivity index (χ2n) is 4.20. The highest BCUT2D eigenvalue weighted by molar-refractivity contribution is 5.82. The molecule has 15 heavy (non-hydrogen) atoms. The van der Waals surface area contributed by atoms with Crippen LogP contribution in [-0.4, -0.2) is 49.3 Å². The topological polar surface area (TPSA) is 67.6 Å². The number of carbonyl (C=O) groups is 1. The van der Waals surface area contributed by atoms with Gasteiger partial charge in [-0.2, -0.15) is 0 Å². The van der Waals surface area contributed by atoms with E-state index >= 15 is 0 Å². The lowest BCUT2D eigenvalue weighted by molar-refractivity contribution is -0.141. The van der Waals surface area contributed by atoms with Gasteiger partial charge in [-0.25, -0.2) is 0 Å². The molecule has 86 valence electrons. The van der Waals surface area contributed by atoms with Gasteiger partial charge in [0.1, 0.15) is 6.23 Å². The molecule has 5 nitrogen and oxygen atoms in total. The summed E-state index contributed by atoms with van der Waals surface area (Å²) in [6, 6.07) is 0.00375. The van der Waals surface area contributed by atoms with Crippen LogP contribution >= 0.6 is 0 Å². The third kappa shape index (κ3) is 2.68. The highest BCUT2D eigenvalue weighted by Crippen LogP contribution is 2.11. The van der Waals surface area contributed by atoms with E-state index in [0.717, 1.165) is 19.4 Å². The molecule has 5 heteroatoms. The highest BCUT2D eigenvalue weighted by atomic mass is 16.5. The maximum absolute atomic E-state index is 12.1. The van der Waals surface area contributed by atoms with Crippen molar-refractivity contribution >= 4 is 5.91 Å². The average Bonchev–Trinajstić information content (AvgIpc) is 2.29. The Balaban J connectivity index is 1.88. The lowest BCUT2D eigenvalue weighted by Crippen LogP contribution is -2.55.